The molecule has 2 fully saturated rings. The molecule has 21 heavy (non-hydrogen) atoms. The Kier molecular flexibility index (Phi) is 4.31. The fraction of sp³-hybridized carbons (Fsp3) is 0.688. The van der Waals surface area contributed by atoms with E-state index in [2.05, 4.69) is 16.8 Å². The molecule has 0 radical (unpaired) electrons. The smallest absolute Gasteiger partial charge is 0.352 e. The van der Waals surface area contributed by atoms with E-state index in [-0.39, 0.29) is 0 Å². The standard InChI is InChI=1S/C16H25N3O2/c1-17-8-2-4-14(12-17)18-10-6-13(7-11-18)19-9-3-5-15(19)16(20)21/h3,5,9,13-14H,2,4,6-8,10-12H2,1H3,(H,20,21). The summed E-state index contributed by atoms with van der Waals surface area (Å²) in [5.41, 5.74) is 0.422. The molecule has 0 bridgehead atoms. The molecule has 5 heteroatoms. The van der Waals surface area contributed by atoms with Gasteiger partial charge >= 0.3 is 5.97 Å². The van der Waals surface area contributed by atoms with Gasteiger partial charge in [0.25, 0.3) is 0 Å². The molecule has 0 saturated carbocycles. The summed E-state index contributed by atoms with van der Waals surface area (Å²) in [4.78, 5) is 16.3. The third-order valence-corrected chi connectivity index (χ3v) is 5.01. The van der Waals surface area contributed by atoms with E-state index in [0.717, 1.165) is 25.9 Å². The summed E-state index contributed by atoms with van der Waals surface area (Å²) < 4.78 is 1.95. The number of aromatic carboxylic acids is 1. The quantitative estimate of drug-likeness (QED) is 0.924. The van der Waals surface area contributed by atoms with Gasteiger partial charge in [0.1, 0.15) is 5.69 Å². The molecule has 5 nitrogen and oxygen atoms in total. The number of likely N-dealkylation sites (N-methyl/N-ethyl adjacent to an activating group) is 1. The van der Waals surface area contributed by atoms with Crippen molar-refractivity contribution >= 4 is 5.97 Å². The molecule has 0 aliphatic carbocycles. The SMILES string of the molecule is CN1CCCC(N2CCC(n3cccc3C(=O)O)CC2)C1. The molecule has 1 N–H and O–H groups in total. The highest BCUT2D eigenvalue weighted by atomic mass is 16.4. The van der Waals surface area contributed by atoms with Gasteiger partial charge in [0.05, 0.1) is 0 Å². The van der Waals surface area contributed by atoms with E-state index in [1.54, 1.807) is 6.07 Å². The molecular weight excluding hydrogens is 266 g/mol. The number of nitrogens with zero attached hydrogens (tertiary/aromatic N) is 3. The van der Waals surface area contributed by atoms with Crippen molar-refractivity contribution < 1.29 is 9.90 Å². The fourth-order valence-electron chi connectivity index (χ4n) is 3.86. The maximum absolute atomic E-state index is 11.2. The van der Waals surface area contributed by atoms with E-state index >= 15 is 0 Å². The Balaban J connectivity index is 1.60. The first kappa shape index (κ1) is 14.6. The summed E-state index contributed by atoms with van der Waals surface area (Å²) in [5, 5.41) is 9.23. The minimum atomic E-state index is -0.823. The van der Waals surface area contributed by atoms with Crippen molar-refractivity contribution in [2.24, 2.45) is 0 Å². The summed E-state index contributed by atoms with van der Waals surface area (Å²) in [6.45, 7) is 4.56. The van der Waals surface area contributed by atoms with Gasteiger partial charge in [0.2, 0.25) is 0 Å². The van der Waals surface area contributed by atoms with Gasteiger partial charge in [-0.2, -0.15) is 0 Å². The zero-order valence-corrected chi connectivity index (χ0v) is 12.7. The van der Waals surface area contributed by atoms with Gasteiger partial charge in [0.15, 0.2) is 0 Å². The van der Waals surface area contributed by atoms with Crippen LogP contribution in [-0.2, 0) is 0 Å². The summed E-state index contributed by atoms with van der Waals surface area (Å²) in [6.07, 6.45) is 6.61. The van der Waals surface area contributed by atoms with Gasteiger partial charge in [-0.1, -0.05) is 0 Å². The zero-order chi connectivity index (χ0) is 14.8. The van der Waals surface area contributed by atoms with Crippen molar-refractivity contribution in [3.8, 4) is 0 Å². The summed E-state index contributed by atoms with van der Waals surface area (Å²) in [6, 6.07) is 4.56. The lowest BCUT2D eigenvalue weighted by molar-refractivity contribution is 0.0658. The summed E-state index contributed by atoms with van der Waals surface area (Å²) in [7, 11) is 2.21. The van der Waals surface area contributed by atoms with Crippen molar-refractivity contribution in [2.45, 2.75) is 37.8 Å². The summed E-state index contributed by atoms with van der Waals surface area (Å²) in [5.74, 6) is -0.823. The number of carbonyl (C=O) groups is 1. The molecule has 2 aliphatic rings. The van der Waals surface area contributed by atoms with Crippen molar-refractivity contribution in [1.29, 1.82) is 0 Å². The first-order valence-electron chi connectivity index (χ1n) is 7.98. The van der Waals surface area contributed by atoms with Crippen LogP contribution in [0.4, 0.5) is 0 Å². The molecule has 1 atom stereocenters. The Bertz CT molecular complexity index is 491. The van der Waals surface area contributed by atoms with E-state index in [1.165, 1.54) is 25.9 Å². The number of piperidine rings is 2. The van der Waals surface area contributed by atoms with Crippen molar-refractivity contribution in [3.05, 3.63) is 24.0 Å². The maximum Gasteiger partial charge on any atom is 0.352 e. The van der Waals surface area contributed by atoms with Crippen LogP contribution < -0.4 is 0 Å². The normalized spacial score (nSPS) is 26.0. The molecule has 2 saturated heterocycles. The number of hydrogen-bond acceptors (Lipinski definition) is 3. The second kappa shape index (κ2) is 6.20. The second-order valence-electron chi connectivity index (χ2n) is 6.43. The molecule has 0 aromatic carbocycles. The van der Waals surface area contributed by atoms with Gasteiger partial charge in [-0.05, 0) is 51.4 Å². The first-order chi connectivity index (χ1) is 10.1. The maximum atomic E-state index is 11.2. The molecule has 1 aromatic heterocycles. The van der Waals surface area contributed by atoms with Crippen molar-refractivity contribution in [2.75, 3.05) is 33.2 Å². The van der Waals surface area contributed by atoms with E-state index in [1.807, 2.05) is 16.8 Å². The average Bonchev–Trinajstić information content (AvgIpc) is 2.97. The average molecular weight is 291 g/mol. The minimum absolute atomic E-state index is 0.337. The van der Waals surface area contributed by atoms with Crippen LogP contribution in [0.15, 0.2) is 18.3 Å². The number of likely N-dealkylation sites (tertiary alicyclic amines) is 2. The fourth-order valence-corrected chi connectivity index (χ4v) is 3.86. The highest BCUT2D eigenvalue weighted by Crippen LogP contribution is 2.27. The van der Waals surface area contributed by atoms with Crippen LogP contribution in [0.3, 0.4) is 0 Å². The van der Waals surface area contributed by atoms with Gasteiger partial charge < -0.3 is 14.6 Å². The second-order valence-corrected chi connectivity index (χ2v) is 6.43. The van der Waals surface area contributed by atoms with Crippen LogP contribution in [0, 0.1) is 0 Å². The number of carboxylic acids is 1. The van der Waals surface area contributed by atoms with Crippen LogP contribution >= 0.6 is 0 Å². The molecule has 2 aliphatic heterocycles. The highest BCUT2D eigenvalue weighted by Gasteiger charge is 2.29. The molecule has 0 spiro atoms. The molecule has 1 unspecified atom stereocenters. The molecule has 1 aromatic rings. The Labute approximate surface area is 126 Å². The zero-order valence-electron chi connectivity index (χ0n) is 12.7. The van der Waals surface area contributed by atoms with Crippen LogP contribution in [0.2, 0.25) is 0 Å². The van der Waals surface area contributed by atoms with Crippen molar-refractivity contribution in [3.63, 3.8) is 0 Å². The number of aromatic nitrogens is 1. The number of rotatable bonds is 3. The lowest BCUT2D eigenvalue weighted by atomic mass is 9.98. The molecule has 116 valence electrons. The number of carboxylic acid groups (broad SMARTS) is 1. The van der Waals surface area contributed by atoms with Crippen LogP contribution in [0.5, 0.6) is 0 Å². The predicted octanol–water partition coefficient (Wildman–Crippen LogP) is 1.92. The minimum Gasteiger partial charge on any atom is -0.477 e. The van der Waals surface area contributed by atoms with Crippen molar-refractivity contribution in [1.82, 2.24) is 14.4 Å². The van der Waals surface area contributed by atoms with Gasteiger partial charge in [-0.3, -0.25) is 4.90 Å². The predicted molar refractivity (Wildman–Crippen MR) is 81.8 cm³/mol. The molecule has 3 heterocycles. The van der Waals surface area contributed by atoms with Gasteiger partial charge in [0, 0.05) is 37.9 Å². The largest absolute Gasteiger partial charge is 0.477 e. The Morgan fingerprint density at radius 3 is 2.62 bits per heavy atom. The Morgan fingerprint density at radius 2 is 1.95 bits per heavy atom. The Morgan fingerprint density at radius 1 is 1.19 bits per heavy atom. The van der Waals surface area contributed by atoms with E-state index in [9.17, 15) is 9.90 Å². The van der Waals surface area contributed by atoms with E-state index in [0.29, 0.717) is 17.8 Å². The summed E-state index contributed by atoms with van der Waals surface area (Å²) >= 11 is 0. The third-order valence-electron chi connectivity index (χ3n) is 5.01. The third kappa shape index (κ3) is 3.14. The monoisotopic (exact) mass is 291 g/mol. The van der Waals surface area contributed by atoms with Gasteiger partial charge in [-0.25, -0.2) is 4.79 Å². The molecular formula is C16H25N3O2. The highest BCUT2D eigenvalue weighted by molar-refractivity contribution is 5.85. The van der Waals surface area contributed by atoms with E-state index in [4.69, 9.17) is 0 Å². The Hall–Kier alpha value is -1.33. The van der Waals surface area contributed by atoms with Crippen LogP contribution in [-0.4, -0.2) is 64.7 Å². The van der Waals surface area contributed by atoms with Crippen LogP contribution in [0.25, 0.3) is 0 Å². The lowest BCUT2D eigenvalue weighted by Crippen LogP contribution is -2.49. The van der Waals surface area contributed by atoms with Gasteiger partial charge in [-0.15, -0.1) is 0 Å². The number of hydrogen-bond donors (Lipinski definition) is 1. The molecule has 3 rings (SSSR count). The topological polar surface area (TPSA) is 48.7 Å². The van der Waals surface area contributed by atoms with Crippen LogP contribution in [0.1, 0.15) is 42.2 Å². The van der Waals surface area contributed by atoms with E-state index < -0.39 is 5.97 Å². The molecule has 0 amide bonds. The lowest BCUT2D eigenvalue weighted by Gasteiger charge is -2.42. The first-order valence-corrected chi connectivity index (χ1v) is 7.98.